The average Bonchev–Trinajstić information content (AvgIpc) is 3.18. The Balaban J connectivity index is 1.51. The summed E-state index contributed by atoms with van der Waals surface area (Å²) in [6.07, 6.45) is 1.33. The van der Waals surface area contributed by atoms with Crippen LogP contribution in [0.3, 0.4) is 0 Å². The number of esters is 1. The second-order valence-electron chi connectivity index (χ2n) is 7.52. The van der Waals surface area contributed by atoms with Crippen LogP contribution in [0.25, 0.3) is 10.2 Å². The van der Waals surface area contributed by atoms with E-state index in [0.717, 1.165) is 11.3 Å². The van der Waals surface area contributed by atoms with Gasteiger partial charge in [-0.15, -0.1) is 11.3 Å². The van der Waals surface area contributed by atoms with E-state index < -0.39 is 12.0 Å². The summed E-state index contributed by atoms with van der Waals surface area (Å²) in [5.41, 5.74) is 0.686. The van der Waals surface area contributed by atoms with E-state index in [9.17, 15) is 14.4 Å². The van der Waals surface area contributed by atoms with E-state index in [1.54, 1.807) is 45.0 Å². The first-order valence-electron chi connectivity index (χ1n) is 10.7. The smallest absolute Gasteiger partial charge is 0.348 e. The molecule has 1 atom stereocenters. The number of rotatable bonds is 7. The number of hydrogen-bond donors (Lipinski definition) is 1. The van der Waals surface area contributed by atoms with Gasteiger partial charge in [-0.3, -0.25) is 14.2 Å². The highest BCUT2D eigenvalue weighted by molar-refractivity contribution is 7.20. The number of nitrogens with one attached hydrogen (secondary N) is 1. The third kappa shape index (κ3) is 4.69. The minimum Gasteiger partial charge on any atom is -0.462 e. The lowest BCUT2D eigenvalue weighted by Gasteiger charge is -2.15. The third-order valence-electron chi connectivity index (χ3n) is 5.23. The first-order chi connectivity index (χ1) is 16.4. The lowest BCUT2D eigenvalue weighted by atomic mass is 10.2. The third-order valence-corrected chi connectivity index (χ3v) is 6.41. The van der Waals surface area contributed by atoms with Gasteiger partial charge in [-0.05, 0) is 62.7 Å². The number of amides is 1. The topological polar surface area (TPSA) is 99.5 Å². The van der Waals surface area contributed by atoms with Crippen molar-refractivity contribution in [3.05, 3.63) is 81.7 Å². The Bertz CT molecular complexity index is 1390. The molecule has 2 aromatic heterocycles. The van der Waals surface area contributed by atoms with Crippen LogP contribution in [0.2, 0.25) is 0 Å². The molecule has 2 heterocycles. The molecular weight excluding hydrogens is 454 g/mol. The summed E-state index contributed by atoms with van der Waals surface area (Å²) in [5.74, 6) is 0.483. The van der Waals surface area contributed by atoms with Gasteiger partial charge < -0.3 is 14.8 Å². The highest BCUT2D eigenvalue weighted by atomic mass is 32.1. The number of carbonyl (C=O) groups is 2. The van der Waals surface area contributed by atoms with Gasteiger partial charge in [0.2, 0.25) is 5.91 Å². The maximum absolute atomic E-state index is 13.1. The molecule has 0 radical (unpaired) electrons. The van der Waals surface area contributed by atoms with Crippen LogP contribution in [0.15, 0.2) is 65.7 Å². The molecule has 1 N–H and O–H groups in total. The first-order valence-corrected chi connectivity index (χ1v) is 11.5. The minimum atomic E-state index is -0.824. The molecule has 0 saturated heterocycles. The lowest BCUT2D eigenvalue weighted by molar-refractivity contribution is -0.118. The largest absolute Gasteiger partial charge is 0.462 e. The zero-order valence-corrected chi connectivity index (χ0v) is 19.7. The molecule has 8 nitrogen and oxygen atoms in total. The normalized spacial score (nSPS) is 11.7. The van der Waals surface area contributed by atoms with Gasteiger partial charge in [0.05, 0.1) is 18.3 Å². The molecule has 1 unspecified atom stereocenters. The van der Waals surface area contributed by atoms with Crippen LogP contribution in [0.4, 0.5) is 5.69 Å². The van der Waals surface area contributed by atoms with E-state index in [1.165, 1.54) is 10.9 Å². The highest BCUT2D eigenvalue weighted by Gasteiger charge is 2.23. The molecule has 34 heavy (non-hydrogen) atoms. The molecule has 0 fully saturated rings. The monoisotopic (exact) mass is 477 g/mol. The first kappa shape index (κ1) is 23.2. The Morgan fingerprint density at radius 3 is 2.44 bits per heavy atom. The van der Waals surface area contributed by atoms with Crippen LogP contribution in [0.1, 0.15) is 35.1 Å². The molecule has 1 amide bonds. The van der Waals surface area contributed by atoms with Gasteiger partial charge in [-0.2, -0.15) is 0 Å². The van der Waals surface area contributed by atoms with Gasteiger partial charge in [0.15, 0.2) is 0 Å². The molecule has 0 aliphatic carbocycles. The maximum atomic E-state index is 13.1. The van der Waals surface area contributed by atoms with Gasteiger partial charge in [-0.25, -0.2) is 9.78 Å². The summed E-state index contributed by atoms with van der Waals surface area (Å²) < 4.78 is 12.1. The van der Waals surface area contributed by atoms with E-state index in [0.29, 0.717) is 37.8 Å². The Morgan fingerprint density at radius 1 is 1.09 bits per heavy atom. The number of anilines is 1. The van der Waals surface area contributed by atoms with Gasteiger partial charge >= 0.3 is 5.97 Å². The molecule has 4 aromatic rings. The van der Waals surface area contributed by atoms with E-state index in [1.807, 2.05) is 30.3 Å². The fourth-order valence-corrected chi connectivity index (χ4v) is 4.44. The van der Waals surface area contributed by atoms with E-state index >= 15 is 0 Å². The highest BCUT2D eigenvalue weighted by Crippen LogP contribution is 2.28. The van der Waals surface area contributed by atoms with Gasteiger partial charge in [-0.1, -0.05) is 18.2 Å². The standard InChI is InChI=1S/C25H23N3O5S/c1-4-32-25(31)21-15(2)20-23(34-21)26-14-28(24(20)30)16(3)22(29)27-17-10-12-19(13-11-17)33-18-8-6-5-7-9-18/h5-14,16H,4H2,1-3H3,(H,27,29). The second kappa shape index (κ2) is 9.88. The number of thiophene rings is 1. The number of carbonyl (C=O) groups excluding carboxylic acids is 2. The van der Waals surface area contributed by atoms with Crippen LogP contribution in [0, 0.1) is 6.92 Å². The number of aryl methyl sites for hydroxylation is 1. The SMILES string of the molecule is CCOC(=O)c1sc2ncn(C(C)C(=O)Nc3ccc(Oc4ccccc4)cc3)c(=O)c2c1C. The summed E-state index contributed by atoms with van der Waals surface area (Å²) >= 11 is 1.11. The van der Waals surface area contributed by atoms with Gasteiger partial charge in [0.25, 0.3) is 5.56 Å². The zero-order valence-electron chi connectivity index (χ0n) is 18.9. The van der Waals surface area contributed by atoms with Crippen LogP contribution < -0.4 is 15.6 Å². The number of para-hydroxylation sites is 1. The van der Waals surface area contributed by atoms with Crippen LogP contribution in [0.5, 0.6) is 11.5 Å². The van der Waals surface area contributed by atoms with Crippen LogP contribution >= 0.6 is 11.3 Å². The lowest BCUT2D eigenvalue weighted by Crippen LogP contribution is -2.31. The average molecular weight is 478 g/mol. The molecule has 0 aliphatic rings. The van der Waals surface area contributed by atoms with Crippen molar-refractivity contribution in [1.29, 1.82) is 0 Å². The molecular formula is C25H23N3O5S. The maximum Gasteiger partial charge on any atom is 0.348 e. The number of ether oxygens (including phenoxy) is 2. The molecule has 9 heteroatoms. The molecule has 2 aromatic carbocycles. The molecule has 0 saturated carbocycles. The summed E-state index contributed by atoms with van der Waals surface area (Å²) in [6, 6.07) is 15.5. The van der Waals surface area contributed by atoms with Crippen molar-refractivity contribution in [2.24, 2.45) is 0 Å². The molecule has 0 aliphatic heterocycles. The Hall–Kier alpha value is -3.98. The van der Waals surface area contributed by atoms with Gasteiger partial charge in [0.1, 0.15) is 27.2 Å². The molecule has 174 valence electrons. The number of benzene rings is 2. The van der Waals surface area contributed by atoms with E-state index in [4.69, 9.17) is 9.47 Å². The van der Waals surface area contributed by atoms with Crippen molar-refractivity contribution >= 4 is 39.1 Å². The summed E-state index contributed by atoms with van der Waals surface area (Å²) in [6.45, 7) is 5.25. The predicted molar refractivity (Wildman–Crippen MR) is 131 cm³/mol. The number of aromatic nitrogens is 2. The van der Waals surface area contributed by atoms with E-state index in [2.05, 4.69) is 10.3 Å². The number of hydrogen-bond acceptors (Lipinski definition) is 7. The minimum absolute atomic E-state index is 0.237. The number of fused-ring (bicyclic) bond motifs is 1. The summed E-state index contributed by atoms with van der Waals surface area (Å²) in [7, 11) is 0. The van der Waals surface area contributed by atoms with Crippen LogP contribution in [-0.4, -0.2) is 28.0 Å². The fraction of sp³-hybridized carbons (Fsp3) is 0.200. The predicted octanol–water partition coefficient (Wildman–Crippen LogP) is 4.94. The van der Waals surface area contributed by atoms with E-state index in [-0.39, 0.29) is 18.1 Å². The Labute approximate surface area is 199 Å². The zero-order chi connectivity index (χ0) is 24.2. The Kier molecular flexibility index (Phi) is 6.74. The molecule has 0 spiro atoms. The second-order valence-corrected chi connectivity index (χ2v) is 8.52. The van der Waals surface area contributed by atoms with Crippen molar-refractivity contribution < 1.29 is 19.1 Å². The van der Waals surface area contributed by atoms with Gasteiger partial charge in [0, 0.05) is 5.69 Å². The van der Waals surface area contributed by atoms with Crippen LogP contribution in [-0.2, 0) is 9.53 Å². The van der Waals surface area contributed by atoms with Crippen molar-refractivity contribution in [3.8, 4) is 11.5 Å². The quantitative estimate of drug-likeness (QED) is 0.379. The van der Waals surface area contributed by atoms with Crippen molar-refractivity contribution in [3.63, 3.8) is 0 Å². The summed E-state index contributed by atoms with van der Waals surface area (Å²) in [4.78, 5) is 43.3. The fourth-order valence-electron chi connectivity index (χ4n) is 3.41. The van der Waals surface area contributed by atoms with Crippen molar-refractivity contribution in [2.75, 3.05) is 11.9 Å². The Morgan fingerprint density at radius 2 is 1.76 bits per heavy atom. The van der Waals surface area contributed by atoms with Crippen molar-refractivity contribution in [2.45, 2.75) is 26.8 Å². The molecule has 4 rings (SSSR count). The van der Waals surface area contributed by atoms with Crippen molar-refractivity contribution in [1.82, 2.24) is 9.55 Å². The summed E-state index contributed by atoms with van der Waals surface area (Å²) in [5, 5.41) is 3.13. The molecule has 0 bridgehead atoms. The number of nitrogens with zero attached hydrogens (tertiary/aromatic N) is 2.